The van der Waals surface area contributed by atoms with E-state index in [1.54, 1.807) is 29.2 Å². The number of nitrogens with one attached hydrogen (secondary N) is 2. The average Bonchev–Trinajstić information content (AvgIpc) is 3.54. The van der Waals surface area contributed by atoms with Crippen molar-refractivity contribution in [2.75, 3.05) is 43.4 Å². The van der Waals surface area contributed by atoms with Gasteiger partial charge in [0, 0.05) is 31.0 Å². The molecule has 2 aromatic carbocycles. The molecule has 2 fully saturated rings. The Morgan fingerprint density at radius 2 is 1.78 bits per heavy atom. The van der Waals surface area contributed by atoms with E-state index in [9.17, 15) is 9.59 Å². The van der Waals surface area contributed by atoms with Crippen molar-refractivity contribution >= 4 is 35.0 Å². The second kappa shape index (κ2) is 12.0. The first-order valence-electron chi connectivity index (χ1n) is 12.3. The van der Waals surface area contributed by atoms with Gasteiger partial charge in [0.15, 0.2) is 0 Å². The minimum absolute atomic E-state index is 0.00409. The van der Waals surface area contributed by atoms with Crippen LogP contribution in [0.5, 0.6) is 0 Å². The van der Waals surface area contributed by atoms with Crippen LogP contribution in [0.3, 0.4) is 0 Å². The molecule has 2 aliphatic rings. The highest BCUT2D eigenvalue weighted by Gasteiger charge is 2.38. The van der Waals surface area contributed by atoms with E-state index in [0.29, 0.717) is 29.4 Å². The van der Waals surface area contributed by atoms with Crippen molar-refractivity contribution in [3.63, 3.8) is 0 Å². The van der Waals surface area contributed by atoms with E-state index in [2.05, 4.69) is 39.8 Å². The van der Waals surface area contributed by atoms with Crippen molar-refractivity contribution in [3.05, 3.63) is 70.4 Å². The van der Waals surface area contributed by atoms with E-state index in [0.717, 1.165) is 18.7 Å². The minimum atomic E-state index is -0.480. The Hall–Kier alpha value is -3.48. The number of nitrogens with zero attached hydrogens (tertiary/aromatic N) is 3. The zero-order chi connectivity index (χ0) is 25.5. The van der Waals surface area contributed by atoms with Crippen LogP contribution in [0.15, 0.2) is 59.3 Å². The molecule has 2 aromatic rings. The van der Waals surface area contributed by atoms with Gasteiger partial charge in [-0.05, 0) is 81.2 Å². The highest BCUT2D eigenvalue weighted by molar-refractivity contribution is 8.04. The van der Waals surface area contributed by atoms with Crippen LogP contribution in [0, 0.1) is 11.3 Å². The first-order valence-corrected chi connectivity index (χ1v) is 13.2. The van der Waals surface area contributed by atoms with E-state index >= 15 is 0 Å². The van der Waals surface area contributed by atoms with Gasteiger partial charge < -0.3 is 26.2 Å². The van der Waals surface area contributed by atoms with Crippen LogP contribution >= 0.6 is 11.8 Å². The van der Waals surface area contributed by atoms with Gasteiger partial charge in [0.2, 0.25) is 5.91 Å². The van der Waals surface area contributed by atoms with Gasteiger partial charge in [0.25, 0.3) is 5.91 Å². The van der Waals surface area contributed by atoms with E-state index in [-0.39, 0.29) is 16.9 Å². The molecule has 2 aliphatic heterocycles. The van der Waals surface area contributed by atoms with Gasteiger partial charge in [-0.3, -0.25) is 9.59 Å². The summed E-state index contributed by atoms with van der Waals surface area (Å²) in [5.41, 5.74) is 9.49. The maximum atomic E-state index is 13.0. The Labute approximate surface area is 216 Å². The van der Waals surface area contributed by atoms with Crippen molar-refractivity contribution in [2.24, 2.45) is 5.73 Å². The number of amides is 2. The minimum Gasteiger partial charge on any atom is -0.392 e. The van der Waals surface area contributed by atoms with Gasteiger partial charge in [-0.15, -0.1) is 0 Å². The molecule has 8 nitrogen and oxygen atoms in total. The summed E-state index contributed by atoms with van der Waals surface area (Å²) in [6, 6.07) is 16.9. The summed E-state index contributed by atoms with van der Waals surface area (Å²) in [7, 11) is 0. The molecule has 0 aliphatic carbocycles. The topological polar surface area (TPSA) is 114 Å². The van der Waals surface area contributed by atoms with Gasteiger partial charge in [0.05, 0.1) is 11.6 Å². The molecule has 0 unspecified atom stereocenters. The molecule has 0 spiro atoms. The van der Waals surface area contributed by atoms with Crippen LogP contribution in [0.2, 0.25) is 0 Å². The summed E-state index contributed by atoms with van der Waals surface area (Å²) in [6.07, 6.45) is 3.65. The summed E-state index contributed by atoms with van der Waals surface area (Å²) < 4.78 is 0. The molecule has 0 saturated carbocycles. The first-order chi connectivity index (χ1) is 17.5. The van der Waals surface area contributed by atoms with Crippen molar-refractivity contribution in [2.45, 2.75) is 31.4 Å². The van der Waals surface area contributed by atoms with Crippen LogP contribution in [-0.2, 0) is 16.0 Å². The average molecular weight is 505 g/mol. The fourth-order valence-corrected chi connectivity index (χ4v) is 5.61. The quantitative estimate of drug-likeness (QED) is 0.449. The van der Waals surface area contributed by atoms with Gasteiger partial charge in [-0.25, -0.2) is 0 Å². The zero-order valence-electron chi connectivity index (χ0n) is 20.5. The molecule has 0 bridgehead atoms. The predicted octanol–water partition coefficient (Wildman–Crippen LogP) is 3.34. The van der Waals surface area contributed by atoms with Crippen LogP contribution in [0.1, 0.15) is 30.9 Å². The molecule has 9 heteroatoms. The monoisotopic (exact) mass is 504 g/mol. The second-order valence-corrected chi connectivity index (χ2v) is 10.1. The lowest BCUT2D eigenvalue weighted by atomic mass is 10.1. The number of likely N-dealkylation sites (tertiary alicyclic amines) is 1. The number of carbonyl (C=O) groups is 2. The summed E-state index contributed by atoms with van der Waals surface area (Å²) in [5.74, 6) is -0.548. The Morgan fingerprint density at radius 3 is 2.42 bits per heavy atom. The van der Waals surface area contributed by atoms with Crippen molar-refractivity contribution in [1.29, 1.82) is 5.26 Å². The van der Waals surface area contributed by atoms with Gasteiger partial charge in [-0.2, -0.15) is 5.26 Å². The lowest BCUT2D eigenvalue weighted by Gasteiger charge is -2.16. The number of benzene rings is 2. The van der Waals surface area contributed by atoms with Crippen LogP contribution < -0.4 is 16.4 Å². The zero-order valence-corrected chi connectivity index (χ0v) is 21.3. The summed E-state index contributed by atoms with van der Waals surface area (Å²) in [6.45, 7) is 6.23. The number of hydrogen-bond donors (Lipinski definition) is 3. The predicted molar refractivity (Wildman–Crippen MR) is 144 cm³/mol. The Bertz CT molecular complexity index is 1150. The molecule has 2 heterocycles. The third-order valence-corrected chi connectivity index (χ3v) is 7.78. The summed E-state index contributed by atoms with van der Waals surface area (Å²) in [5, 5.41) is 15.1. The normalized spacial score (nSPS) is 19.3. The maximum Gasteiger partial charge on any atom is 0.274 e. The smallest absolute Gasteiger partial charge is 0.274 e. The molecule has 188 valence electrons. The highest BCUT2D eigenvalue weighted by Crippen LogP contribution is 2.36. The molecule has 2 amide bonds. The number of anilines is 2. The van der Waals surface area contributed by atoms with Crippen molar-refractivity contribution in [3.8, 4) is 6.07 Å². The SMILES string of the molecule is CCN1C(=O)[C@@H](CNc2ccc(CCN3CCCC3)cc2)S/C1=C(/N)C(=O)Nc1ccc(C#N)cc1. The third-order valence-electron chi connectivity index (χ3n) is 6.46. The van der Waals surface area contributed by atoms with Crippen LogP contribution in [0.4, 0.5) is 11.4 Å². The lowest BCUT2D eigenvalue weighted by Crippen LogP contribution is -2.33. The molecular weight excluding hydrogens is 472 g/mol. The number of nitrogens with two attached hydrogens (primary N) is 1. The molecule has 4 rings (SSSR count). The van der Waals surface area contributed by atoms with E-state index in [1.807, 2.05) is 13.0 Å². The molecule has 36 heavy (non-hydrogen) atoms. The van der Waals surface area contributed by atoms with Crippen molar-refractivity contribution < 1.29 is 9.59 Å². The maximum absolute atomic E-state index is 13.0. The Morgan fingerprint density at radius 1 is 1.11 bits per heavy atom. The second-order valence-electron chi connectivity index (χ2n) is 8.93. The lowest BCUT2D eigenvalue weighted by molar-refractivity contribution is -0.127. The largest absolute Gasteiger partial charge is 0.392 e. The Kier molecular flexibility index (Phi) is 8.52. The molecule has 1 atom stereocenters. The fourth-order valence-electron chi connectivity index (χ4n) is 4.38. The molecule has 0 radical (unpaired) electrons. The summed E-state index contributed by atoms with van der Waals surface area (Å²) >= 11 is 1.31. The molecule has 4 N–H and O–H groups in total. The van der Waals surface area contributed by atoms with Gasteiger partial charge in [0.1, 0.15) is 16.0 Å². The van der Waals surface area contributed by atoms with E-state index in [4.69, 9.17) is 11.0 Å². The number of nitriles is 1. The van der Waals surface area contributed by atoms with E-state index < -0.39 is 5.91 Å². The van der Waals surface area contributed by atoms with Gasteiger partial charge >= 0.3 is 0 Å². The Balaban J connectivity index is 1.34. The molecule has 2 saturated heterocycles. The van der Waals surface area contributed by atoms with E-state index in [1.165, 1.54) is 43.3 Å². The number of hydrogen-bond acceptors (Lipinski definition) is 7. The molecular formula is C27H32N6O2S. The van der Waals surface area contributed by atoms with Gasteiger partial charge in [-0.1, -0.05) is 23.9 Å². The highest BCUT2D eigenvalue weighted by atomic mass is 32.2. The molecule has 0 aromatic heterocycles. The number of thioether (sulfide) groups is 1. The summed E-state index contributed by atoms with van der Waals surface area (Å²) in [4.78, 5) is 29.8. The first kappa shape index (κ1) is 25.6. The standard InChI is InChI=1S/C27H32N6O2S/c1-2-33-26(35)23(18-30-21-9-5-19(6-10-21)13-16-32-14-3-4-15-32)36-27(33)24(29)25(34)31-22-11-7-20(17-28)8-12-22/h5-12,23,30H,2-4,13-16,18,29H2,1H3,(H,31,34)/b27-24+/t23-/m1/s1. The number of rotatable bonds is 9. The third kappa shape index (κ3) is 6.20. The van der Waals surface area contributed by atoms with Crippen LogP contribution in [-0.4, -0.2) is 59.6 Å². The number of carbonyl (C=O) groups excluding carboxylic acids is 2. The van der Waals surface area contributed by atoms with Crippen molar-refractivity contribution in [1.82, 2.24) is 9.80 Å². The van der Waals surface area contributed by atoms with Crippen LogP contribution in [0.25, 0.3) is 0 Å². The fraction of sp³-hybridized carbons (Fsp3) is 0.370.